The summed E-state index contributed by atoms with van der Waals surface area (Å²) in [5, 5.41) is 2.93. The Balaban J connectivity index is 2.93. The number of rotatable bonds is 3. The molecule has 6 heteroatoms. The fraction of sp³-hybridized carbons (Fsp3) is 0.462. The minimum atomic E-state index is -1.28. The first-order chi connectivity index (χ1) is 8.66. The molecule has 0 radical (unpaired) electrons. The van der Waals surface area contributed by atoms with Crippen LogP contribution < -0.4 is 5.32 Å². The van der Waals surface area contributed by atoms with Crippen LogP contribution in [0.3, 0.4) is 0 Å². The van der Waals surface area contributed by atoms with Crippen molar-refractivity contribution in [2.45, 2.75) is 38.8 Å². The summed E-state index contributed by atoms with van der Waals surface area (Å²) in [5.41, 5.74) is -1.58. The van der Waals surface area contributed by atoms with Crippen LogP contribution in [0.15, 0.2) is 18.3 Å². The number of aldehydes is 1. The molecule has 104 valence electrons. The summed E-state index contributed by atoms with van der Waals surface area (Å²) in [6.07, 6.45) is 1.37. The van der Waals surface area contributed by atoms with E-state index in [1.165, 1.54) is 19.2 Å². The molecule has 1 heterocycles. The number of hydrogen-bond acceptors (Lipinski definition) is 4. The van der Waals surface area contributed by atoms with E-state index in [9.17, 15) is 9.59 Å². The lowest BCUT2D eigenvalue weighted by molar-refractivity contribution is -0.113. The van der Waals surface area contributed by atoms with Crippen molar-refractivity contribution >= 4 is 24.0 Å². The lowest BCUT2D eigenvalue weighted by Crippen LogP contribution is -2.47. The van der Waals surface area contributed by atoms with Gasteiger partial charge in [0.2, 0.25) is 0 Å². The molecule has 0 aromatic carbocycles. The van der Waals surface area contributed by atoms with Gasteiger partial charge in [-0.3, -0.25) is 4.98 Å². The Labute approximate surface area is 117 Å². The third kappa shape index (κ3) is 4.52. The number of carbonyl (C=O) groups is 2. The molecule has 19 heavy (non-hydrogen) atoms. The monoisotopic (exact) mass is 284 g/mol. The molecule has 0 fully saturated rings. The molecule has 0 aliphatic heterocycles. The van der Waals surface area contributed by atoms with Crippen LogP contribution in [0.5, 0.6) is 0 Å². The summed E-state index contributed by atoms with van der Waals surface area (Å²) in [4.78, 5) is 27.1. The van der Waals surface area contributed by atoms with Crippen LogP contribution in [0.1, 0.15) is 33.4 Å². The van der Waals surface area contributed by atoms with Crippen LogP contribution in [-0.2, 0) is 15.1 Å². The second kappa shape index (κ2) is 5.57. The van der Waals surface area contributed by atoms with Crippen molar-refractivity contribution in [2.24, 2.45) is 0 Å². The topological polar surface area (TPSA) is 68.3 Å². The summed E-state index contributed by atoms with van der Waals surface area (Å²) in [7, 11) is 0. The number of hydrogen-bond donors (Lipinski definition) is 1. The number of halogens is 1. The van der Waals surface area contributed by atoms with Gasteiger partial charge in [0.15, 0.2) is 6.29 Å². The maximum Gasteiger partial charge on any atom is 0.408 e. The van der Waals surface area contributed by atoms with Gasteiger partial charge in [0.25, 0.3) is 0 Å². The van der Waals surface area contributed by atoms with Crippen molar-refractivity contribution in [2.75, 3.05) is 0 Å². The van der Waals surface area contributed by atoms with Crippen molar-refractivity contribution in [3.63, 3.8) is 0 Å². The Morgan fingerprint density at radius 3 is 2.53 bits per heavy atom. The van der Waals surface area contributed by atoms with Gasteiger partial charge in [-0.25, -0.2) is 4.79 Å². The van der Waals surface area contributed by atoms with E-state index in [2.05, 4.69) is 10.3 Å². The number of alkyl carbamates (subject to hydrolysis) is 1. The van der Waals surface area contributed by atoms with Gasteiger partial charge in [0.1, 0.15) is 11.1 Å². The fourth-order valence-electron chi connectivity index (χ4n) is 1.36. The predicted octanol–water partition coefficient (Wildman–Crippen LogP) is 2.67. The molecule has 0 saturated heterocycles. The first-order valence-corrected chi connectivity index (χ1v) is 6.13. The second-order valence-corrected chi connectivity index (χ2v) is 5.74. The van der Waals surface area contributed by atoms with Crippen LogP contribution in [-0.4, -0.2) is 23.0 Å². The highest BCUT2D eigenvalue weighted by Crippen LogP contribution is 2.20. The molecule has 5 nitrogen and oxygen atoms in total. The van der Waals surface area contributed by atoms with E-state index in [1.807, 2.05) is 0 Å². The summed E-state index contributed by atoms with van der Waals surface area (Å²) in [6.45, 7) is 6.75. The zero-order valence-corrected chi connectivity index (χ0v) is 12.1. The summed E-state index contributed by atoms with van der Waals surface area (Å²) >= 11 is 5.85. The molecule has 0 spiro atoms. The van der Waals surface area contributed by atoms with Gasteiger partial charge in [-0.15, -0.1) is 0 Å². The molecule has 1 aromatic rings. The lowest BCUT2D eigenvalue weighted by atomic mass is 9.99. The molecule has 1 rings (SSSR count). The molecule has 1 unspecified atom stereocenters. The van der Waals surface area contributed by atoms with Crippen molar-refractivity contribution in [1.29, 1.82) is 0 Å². The summed E-state index contributed by atoms with van der Waals surface area (Å²) in [6, 6.07) is 3.11. The van der Waals surface area contributed by atoms with E-state index >= 15 is 0 Å². The zero-order valence-electron chi connectivity index (χ0n) is 11.4. The third-order valence-corrected chi connectivity index (χ3v) is 2.49. The van der Waals surface area contributed by atoms with Gasteiger partial charge in [0.05, 0.1) is 5.69 Å². The largest absolute Gasteiger partial charge is 0.444 e. The van der Waals surface area contributed by atoms with E-state index in [0.29, 0.717) is 17.0 Å². The number of carbonyl (C=O) groups excluding carboxylic acids is 2. The van der Waals surface area contributed by atoms with Gasteiger partial charge in [-0.2, -0.15) is 0 Å². The molecule has 0 aliphatic carbocycles. The number of amides is 1. The summed E-state index contributed by atoms with van der Waals surface area (Å²) in [5.74, 6) is 0. The van der Waals surface area contributed by atoms with Gasteiger partial charge >= 0.3 is 6.09 Å². The SMILES string of the molecule is CC(C)(C)OC(=O)NC(C)(C=O)c1cc(Cl)ccn1. The van der Waals surface area contributed by atoms with E-state index < -0.39 is 17.2 Å². The standard InChI is InChI=1S/C13H17ClN2O3/c1-12(2,3)19-11(18)16-13(4,8-17)10-7-9(14)5-6-15-10/h5-8H,1-4H3,(H,16,18). The fourth-order valence-corrected chi connectivity index (χ4v) is 1.52. The highest BCUT2D eigenvalue weighted by atomic mass is 35.5. The second-order valence-electron chi connectivity index (χ2n) is 5.31. The minimum Gasteiger partial charge on any atom is -0.444 e. The maximum absolute atomic E-state index is 11.7. The molecule has 0 saturated carbocycles. The van der Waals surface area contributed by atoms with Crippen molar-refractivity contribution in [1.82, 2.24) is 10.3 Å². The number of nitrogens with zero attached hydrogens (tertiary/aromatic N) is 1. The van der Waals surface area contributed by atoms with E-state index in [4.69, 9.17) is 16.3 Å². The lowest BCUT2D eigenvalue weighted by Gasteiger charge is -2.27. The predicted molar refractivity (Wildman–Crippen MR) is 72.0 cm³/mol. The zero-order chi connectivity index (χ0) is 14.7. The molecule has 1 N–H and O–H groups in total. The van der Waals surface area contributed by atoms with Crippen LogP contribution in [0, 0.1) is 0 Å². The Morgan fingerprint density at radius 2 is 2.05 bits per heavy atom. The van der Waals surface area contributed by atoms with Crippen molar-refractivity contribution in [3.8, 4) is 0 Å². The van der Waals surface area contributed by atoms with Gasteiger partial charge in [-0.05, 0) is 39.8 Å². The van der Waals surface area contributed by atoms with Gasteiger partial charge < -0.3 is 14.8 Å². The van der Waals surface area contributed by atoms with E-state index in [0.717, 1.165) is 0 Å². The number of nitrogens with one attached hydrogen (secondary N) is 1. The van der Waals surface area contributed by atoms with Crippen LogP contribution >= 0.6 is 11.6 Å². The third-order valence-electron chi connectivity index (χ3n) is 2.25. The Morgan fingerprint density at radius 1 is 1.42 bits per heavy atom. The van der Waals surface area contributed by atoms with E-state index in [1.54, 1.807) is 26.8 Å². The number of ether oxygens (including phenoxy) is 1. The quantitative estimate of drug-likeness (QED) is 0.867. The average Bonchev–Trinajstić information content (AvgIpc) is 2.26. The molecule has 1 atom stereocenters. The first-order valence-electron chi connectivity index (χ1n) is 5.76. The smallest absolute Gasteiger partial charge is 0.408 e. The summed E-state index contributed by atoms with van der Waals surface area (Å²) < 4.78 is 5.12. The Kier molecular flexibility index (Phi) is 4.52. The molecule has 0 bridgehead atoms. The average molecular weight is 285 g/mol. The van der Waals surface area contributed by atoms with Gasteiger partial charge in [-0.1, -0.05) is 11.6 Å². The normalized spacial score (nSPS) is 14.4. The van der Waals surface area contributed by atoms with Crippen LogP contribution in [0.2, 0.25) is 5.02 Å². The Bertz CT molecular complexity index is 485. The molecular weight excluding hydrogens is 268 g/mol. The number of aromatic nitrogens is 1. The Hall–Kier alpha value is -1.62. The molecule has 0 aliphatic rings. The van der Waals surface area contributed by atoms with Crippen LogP contribution in [0.25, 0.3) is 0 Å². The number of pyridine rings is 1. The maximum atomic E-state index is 11.7. The van der Waals surface area contributed by atoms with Crippen LogP contribution in [0.4, 0.5) is 4.79 Å². The molecular formula is C13H17ClN2O3. The van der Waals surface area contributed by atoms with E-state index in [-0.39, 0.29) is 0 Å². The molecule has 1 amide bonds. The first kappa shape index (κ1) is 15.4. The van der Waals surface area contributed by atoms with Crippen molar-refractivity contribution in [3.05, 3.63) is 29.0 Å². The van der Waals surface area contributed by atoms with Gasteiger partial charge in [0, 0.05) is 11.2 Å². The molecule has 1 aromatic heterocycles. The van der Waals surface area contributed by atoms with Crippen molar-refractivity contribution < 1.29 is 14.3 Å². The highest BCUT2D eigenvalue weighted by molar-refractivity contribution is 6.30. The highest BCUT2D eigenvalue weighted by Gasteiger charge is 2.32. The minimum absolute atomic E-state index is 0.348.